The molecule has 3 rings (SSSR count). The lowest BCUT2D eigenvalue weighted by atomic mass is 10.1. The minimum Gasteiger partial charge on any atom is -0.497 e. The smallest absolute Gasteiger partial charge is 0.247 e. The van der Waals surface area contributed by atoms with Crippen LogP contribution in [-0.2, 0) is 13.0 Å². The number of methoxy groups -OCH3 is 3. The molecule has 2 aromatic carbocycles. The number of ether oxygens (including phenoxy) is 3. The van der Waals surface area contributed by atoms with Gasteiger partial charge in [0.05, 0.1) is 27.9 Å². The maximum absolute atomic E-state index is 5.73. The van der Waals surface area contributed by atoms with Crippen LogP contribution in [0, 0.1) is 0 Å². The van der Waals surface area contributed by atoms with Crippen molar-refractivity contribution in [3.63, 3.8) is 0 Å². The van der Waals surface area contributed by atoms with E-state index >= 15 is 0 Å². The molecule has 7 heteroatoms. The number of aromatic nitrogens is 2. The molecule has 0 unspecified atom stereocenters. The predicted molar refractivity (Wildman–Crippen MR) is 101 cm³/mol. The quantitative estimate of drug-likeness (QED) is 0.581. The lowest BCUT2D eigenvalue weighted by molar-refractivity contribution is 0.355. The third kappa shape index (κ3) is 4.77. The van der Waals surface area contributed by atoms with Gasteiger partial charge in [-0.3, -0.25) is 0 Å². The Morgan fingerprint density at radius 1 is 0.926 bits per heavy atom. The fourth-order valence-electron chi connectivity index (χ4n) is 2.67. The van der Waals surface area contributed by atoms with Crippen LogP contribution in [0.2, 0.25) is 0 Å². The van der Waals surface area contributed by atoms with Crippen molar-refractivity contribution in [2.75, 3.05) is 27.9 Å². The van der Waals surface area contributed by atoms with E-state index in [-0.39, 0.29) is 0 Å². The van der Waals surface area contributed by atoms with Crippen LogP contribution in [0.4, 0.5) is 0 Å². The Morgan fingerprint density at radius 2 is 1.78 bits per heavy atom. The highest BCUT2D eigenvalue weighted by atomic mass is 16.5. The van der Waals surface area contributed by atoms with Crippen molar-refractivity contribution < 1.29 is 18.6 Å². The molecule has 1 N–H and O–H groups in total. The molecule has 0 aliphatic rings. The van der Waals surface area contributed by atoms with Gasteiger partial charge in [0.1, 0.15) is 5.75 Å². The molecule has 0 aliphatic carbocycles. The molecule has 27 heavy (non-hydrogen) atoms. The third-order valence-electron chi connectivity index (χ3n) is 4.10. The summed E-state index contributed by atoms with van der Waals surface area (Å²) in [4.78, 5) is 0. The zero-order valence-electron chi connectivity index (χ0n) is 15.7. The highest BCUT2D eigenvalue weighted by molar-refractivity contribution is 5.59. The lowest BCUT2D eigenvalue weighted by Crippen LogP contribution is -2.16. The van der Waals surface area contributed by atoms with Gasteiger partial charge >= 0.3 is 0 Å². The molecule has 1 aromatic heterocycles. The van der Waals surface area contributed by atoms with Crippen molar-refractivity contribution in [3.05, 3.63) is 53.9 Å². The molecule has 0 saturated carbocycles. The van der Waals surface area contributed by atoms with Gasteiger partial charge in [-0.25, -0.2) is 0 Å². The summed E-state index contributed by atoms with van der Waals surface area (Å²) < 4.78 is 21.5. The SMILES string of the molecule is COc1cccc(CCNCc2nnc(-c3ccc(OC)c(OC)c3)o2)c1. The molecule has 0 fully saturated rings. The minimum absolute atomic E-state index is 0.445. The van der Waals surface area contributed by atoms with Crippen molar-refractivity contribution in [3.8, 4) is 28.7 Å². The van der Waals surface area contributed by atoms with Gasteiger partial charge in [0.2, 0.25) is 11.8 Å². The van der Waals surface area contributed by atoms with E-state index in [0.717, 1.165) is 24.3 Å². The highest BCUT2D eigenvalue weighted by Gasteiger charge is 2.12. The Kier molecular flexibility index (Phi) is 6.27. The largest absolute Gasteiger partial charge is 0.497 e. The van der Waals surface area contributed by atoms with Gasteiger partial charge in [-0.05, 0) is 48.9 Å². The molecule has 1 heterocycles. The van der Waals surface area contributed by atoms with Crippen LogP contribution in [0.25, 0.3) is 11.5 Å². The topological polar surface area (TPSA) is 78.6 Å². The van der Waals surface area contributed by atoms with E-state index in [1.54, 1.807) is 21.3 Å². The summed E-state index contributed by atoms with van der Waals surface area (Å²) in [6.07, 6.45) is 0.883. The maximum Gasteiger partial charge on any atom is 0.247 e. The molecule has 0 saturated heterocycles. The second-order valence-electron chi connectivity index (χ2n) is 5.85. The molecule has 0 spiro atoms. The predicted octanol–water partition coefficient (Wildman–Crippen LogP) is 3.09. The Hall–Kier alpha value is -3.06. The second-order valence-corrected chi connectivity index (χ2v) is 5.85. The zero-order valence-corrected chi connectivity index (χ0v) is 15.7. The molecule has 3 aromatic rings. The summed E-state index contributed by atoms with van der Waals surface area (Å²) in [6, 6.07) is 13.5. The van der Waals surface area contributed by atoms with Crippen molar-refractivity contribution in [2.45, 2.75) is 13.0 Å². The summed E-state index contributed by atoms with van der Waals surface area (Å²) >= 11 is 0. The Labute approximate surface area is 158 Å². The number of hydrogen-bond acceptors (Lipinski definition) is 7. The second kappa shape index (κ2) is 9.05. The average molecular weight is 369 g/mol. The number of benzene rings is 2. The van der Waals surface area contributed by atoms with Crippen LogP contribution in [-0.4, -0.2) is 38.1 Å². The van der Waals surface area contributed by atoms with Gasteiger partial charge in [-0.2, -0.15) is 0 Å². The van der Waals surface area contributed by atoms with Crippen LogP contribution in [0.3, 0.4) is 0 Å². The third-order valence-corrected chi connectivity index (χ3v) is 4.10. The first kappa shape index (κ1) is 18.7. The average Bonchev–Trinajstić information content (AvgIpc) is 3.19. The number of nitrogens with zero attached hydrogens (tertiary/aromatic N) is 2. The standard InChI is InChI=1S/C20H23N3O4/c1-24-16-6-4-5-14(11-16)9-10-21-13-19-22-23-20(27-19)15-7-8-17(25-2)18(12-15)26-3/h4-8,11-12,21H,9-10,13H2,1-3H3. The molecule has 0 radical (unpaired) electrons. The summed E-state index contributed by atoms with van der Waals surface area (Å²) in [5, 5.41) is 11.5. The first-order chi connectivity index (χ1) is 13.2. The Bertz CT molecular complexity index is 879. The fraction of sp³-hybridized carbons (Fsp3) is 0.300. The number of rotatable bonds is 9. The lowest BCUT2D eigenvalue weighted by Gasteiger charge is -2.07. The summed E-state index contributed by atoms with van der Waals surface area (Å²) in [7, 11) is 4.86. The maximum atomic E-state index is 5.73. The first-order valence-corrected chi connectivity index (χ1v) is 8.62. The van der Waals surface area contributed by atoms with Crippen LogP contribution < -0.4 is 19.5 Å². The van der Waals surface area contributed by atoms with E-state index in [1.807, 2.05) is 36.4 Å². The first-order valence-electron chi connectivity index (χ1n) is 8.62. The molecular weight excluding hydrogens is 346 g/mol. The molecule has 0 amide bonds. The van der Waals surface area contributed by atoms with Crippen LogP contribution in [0.15, 0.2) is 46.9 Å². The monoisotopic (exact) mass is 369 g/mol. The van der Waals surface area contributed by atoms with Gasteiger partial charge in [0.25, 0.3) is 0 Å². The molecule has 0 bridgehead atoms. The Balaban J connectivity index is 1.55. The molecular formula is C20H23N3O4. The van der Waals surface area contributed by atoms with E-state index in [4.69, 9.17) is 18.6 Å². The van der Waals surface area contributed by atoms with Crippen molar-refractivity contribution in [1.82, 2.24) is 15.5 Å². The van der Waals surface area contributed by atoms with Crippen LogP contribution >= 0.6 is 0 Å². The summed E-state index contributed by atoms with van der Waals surface area (Å²) in [5.74, 6) is 3.11. The fourth-order valence-corrected chi connectivity index (χ4v) is 2.67. The zero-order chi connectivity index (χ0) is 19.1. The van der Waals surface area contributed by atoms with E-state index in [0.29, 0.717) is 29.8 Å². The molecule has 7 nitrogen and oxygen atoms in total. The van der Waals surface area contributed by atoms with Crippen molar-refractivity contribution in [1.29, 1.82) is 0 Å². The number of nitrogens with one attached hydrogen (secondary N) is 1. The van der Waals surface area contributed by atoms with Crippen molar-refractivity contribution in [2.24, 2.45) is 0 Å². The Morgan fingerprint density at radius 3 is 2.56 bits per heavy atom. The molecule has 0 aliphatic heterocycles. The van der Waals surface area contributed by atoms with Gasteiger partial charge in [-0.15, -0.1) is 10.2 Å². The van der Waals surface area contributed by atoms with Gasteiger partial charge in [0.15, 0.2) is 11.5 Å². The van der Waals surface area contributed by atoms with E-state index in [9.17, 15) is 0 Å². The van der Waals surface area contributed by atoms with Gasteiger partial charge < -0.3 is 23.9 Å². The van der Waals surface area contributed by atoms with Crippen LogP contribution in [0.5, 0.6) is 17.2 Å². The molecule has 0 atom stereocenters. The number of hydrogen-bond donors (Lipinski definition) is 1. The van der Waals surface area contributed by atoms with Gasteiger partial charge in [0, 0.05) is 5.56 Å². The van der Waals surface area contributed by atoms with E-state index in [2.05, 4.69) is 21.6 Å². The minimum atomic E-state index is 0.445. The molecule has 142 valence electrons. The normalized spacial score (nSPS) is 10.6. The summed E-state index contributed by atoms with van der Waals surface area (Å²) in [5.41, 5.74) is 1.99. The summed E-state index contributed by atoms with van der Waals surface area (Å²) in [6.45, 7) is 1.30. The van der Waals surface area contributed by atoms with E-state index < -0.39 is 0 Å². The van der Waals surface area contributed by atoms with E-state index in [1.165, 1.54) is 5.56 Å². The van der Waals surface area contributed by atoms with Crippen molar-refractivity contribution >= 4 is 0 Å². The highest BCUT2D eigenvalue weighted by Crippen LogP contribution is 2.31. The van der Waals surface area contributed by atoms with Gasteiger partial charge in [-0.1, -0.05) is 12.1 Å². The van der Waals surface area contributed by atoms with Crippen LogP contribution in [0.1, 0.15) is 11.5 Å².